The fraction of sp³-hybridized carbons (Fsp3) is 0. The minimum atomic E-state index is 0.914. The number of fused-ring (bicyclic) bond motifs is 11. The first-order valence-corrected chi connectivity index (χ1v) is 16.8. The van der Waals surface area contributed by atoms with E-state index in [1.54, 1.807) is 0 Å². The van der Waals surface area contributed by atoms with E-state index in [4.69, 9.17) is 4.42 Å². The van der Waals surface area contributed by atoms with Gasteiger partial charge >= 0.3 is 0 Å². The summed E-state index contributed by atoms with van der Waals surface area (Å²) in [4.78, 5) is 0. The van der Waals surface area contributed by atoms with Crippen LogP contribution in [-0.2, 0) is 0 Å². The van der Waals surface area contributed by atoms with Crippen molar-refractivity contribution in [3.05, 3.63) is 170 Å². The van der Waals surface area contributed by atoms with Crippen molar-refractivity contribution in [3.63, 3.8) is 0 Å². The molecule has 0 unspecified atom stereocenters. The Morgan fingerprint density at radius 1 is 0.367 bits per heavy atom. The molecule has 3 aromatic heterocycles. The van der Waals surface area contributed by atoms with Crippen LogP contribution in [0.1, 0.15) is 0 Å². The van der Waals surface area contributed by atoms with E-state index in [0.29, 0.717) is 0 Å². The molecule has 49 heavy (non-hydrogen) atoms. The highest BCUT2D eigenvalue weighted by atomic mass is 16.3. The summed E-state index contributed by atoms with van der Waals surface area (Å²) < 4.78 is 11.4. The van der Waals surface area contributed by atoms with E-state index in [2.05, 4.69) is 173 Å². The Morgan fingerprint density at radius 3 is 1.57 bits per heavy atom. The normalized spacial score (nSPS) is 12.1. The molecule has 228 valence electrons. The quantitative estimate of drug-likeness (QED) is 0.192. The monoisotopic (exact) mass is 624 g/mol. The summed E-state index contributed by atoms with van der Waals surface area (Å²) in [7, 11) is 0. The fourth-order valence-electron chi connectivity index (χ4n) is 8.14. The lowest BCUT2D eigenvalue weighted by molar-refractivity contribution is 0.670. The van der Waals surface area contributed by atoms with Crippen LogP contribution >= 0.6 is 0 Å². The number of para-hydroxylation sites is 4. The maximum Gasteiger partial charge on any atom is 0.143 e. The van der Waals surface area contributed by atoms with Gasteiger partial charge in [-0.3, -0.25) is 0 Å². The number of hydrogen-bond donors (Lipinski definition) is 0. The van der Waals surface area contributed by atoms with Crippen molar-refractivity contribution < 1.29 is 4.42 Å². The maximum atomic E-state index is 6.57. The zero-order valence-electron chi connectivity index (χ0n) is 26.5. The Hall–Kier alpha value is -6.58. The van der Waals surface area contributed by atoms with Crippen molar-refractivity contribution in [2.24, 2.45) is 0 Å². The lowest BCUT2D eigenvalue weighted by Crippen LogP contribution is -1.94. The van der Waals surface area contributed by atoms with Crippen LogP contribution in [0.15, 0.2) is 174 Å². The van der Waals surface area contributed by atoms with Crippen molar-refractivity contribution in [2.75, 3.05) is 0 Å². The highest BCUT2D eigenvalue weighted by Gasteiger charge is 2.19. The van der Waals surface area contributed by atoms with E-state index >= 15 is 0 Å². The van der Waals surface area contributed by atoms with Gasteiger partial charge in [-0.05, 0) is 77.0 Å². The predicted molar refractivity (Wildman–Crippen MR) is 205 cm³/mol. The summed E-state index contributed by atoms with van der Waals surface area (Å²) in [5.41, 5.74) is 11.2. The van der Waals surface area contributed by atoms with Crippen LogP contribution in [0.2, 0.25) is 0 Å². The molecule has 0 bridgehead atoms. The van der Waals surface area contributed by atoms with E-state index in [1.807, 2.05) is 6.07 Å². The molecule has 3 heterocycles. The molecule has 0 amide bonds. The fourth-order valence-corrected chi connectivity index (χ4v) is 8.14. The number of nitrogens with zero attached hydrogens (tertiary/aromatic N) is 2. The molecule has 11 aromatic rings. The molecule has 8 aromatic carbocycles. The Balaban J connectivity index is 1.15. The average molecular weight is 625 g/mol. The van der Waals surface area contributed by atoms with E-state index in [-0.39, 0.29) is 0 Å². The van der Waals surface area contributed by atoms with Gasteiger partial charge in [-0.2, -0.15) is 0 Å². The van der Waals surface area contributed by atoms with E-state index < -0.39 is 0 Å². The molecule has 0 aliphatic rings. The molecule has 0 atom stereocenters. The van der Waals surface area contributed by atoms with Gasteiger partial charge in [-0.1, -0.05) is 109 Å². The molecule has 3 nitrogen and oxygen atoms in total. The average Bonchev–Trinajstić information content (AvgIpc) is 3.82. The summed E-state index contributed by atoms with van der Waals surface area (Å²) in [6.45, 7) is 0. The van der Waals surface area contributed by atoms with Gasteiger partial charge < -0.3 is 13.6 Å². The molecule has 0 aliphatic carbocycles. The van der Waals surface area contributed by atoms with Gasteiger partial charge in [0.25, 0.3) is 0 Å². The highest BCUT2D eigenvalue weighted by molar-refractivity contribution is 6.23. The van der Waals surface area contributed by atoms with E-state index in [9.17, 15) is 0 Å². The Bertz CT molecular complexity index is 3090. The topological polar surface area (TPSA) is 23.0 Å². The Labute approximate surface area is 281 Å². The number of furan rings is 1. The Morgan fingerprint density at radius 2 is 0.898 bits per heavy atom. The molecular weight excluding hydrogens is 597 g/mol. The molecular formula is C46H28N2O. The van der Waals surface area contributed by atoms with Crippen molar-refractivity contribution in [3.8, 4) is 22.5 Å². The summed E-state index contributed by atoms with van der Waals surface area (Å²) in [6, 6.07) is 61.2. The van der Waals surface area contributed by atoms with Gasteiger partial charge in [0.2, 0.25) is 0 Å². The van der Waals surface area contributed by atoms with Gasteiger partial charge in [0, 0.05) is 49.3 Å². The molecule has 0 N–H and O–H groups in total. The van der Waals surface area contributed by atoms with E-state index in [0.717, 1.165) is 33.4 Å². The molecule has 3 heteroatoms. The number of rotatable bonds is 3. The zero-order chi connectivity index (χ0) is 32.1. The van der Waals surface area contributed by atoms with Crippen LogP contribution in [0.3, 0.4) is 0 Å². The minimum Gasteiger partial charge on any atom is -0.455 e. The third kappa shape index (κ3) is 3.73. The summed E-state index contributed by atoms with van der Waals surface area (Å²) >= 11 is 0. The van der Waals surface area contributed by atoms with Crippen LogP contribution in [0, 0.1) is 0 Å². The van der Waals surface area contributed by atoms with E-state index in [1.165, 1.54) is 65.5 Å². The van der Waals surface area contributed by atoms with Crippen molar-refractivity contribution in [1.82, 2.24) is 9.13 Å². The van der Waals surface area contributed by atoms with Crippen LogP contribution in [-0.4, -0.2) is 9.13 Å². The second kappa shape index (κ2) is 9.96. The molecule has 0 radical (unpaired) electrons. The van der Waals surface area contributed by atoms with Crippen LogP contribution in [0.5, 0.6) is 0 Å². The lowest BCUT2D eigenvalue weighted by atomic mass is 9.96. The number of hydrogen-bond acceptors (Lipinski definition) is 1. The minimum absolute atomic E-state index is 0.914. The summed E-state index contributed by atoms with van der Waals surface area (Å²) in [6.07, 6.45) is 0. The lowest BCUT2D eigenvalue weighted by Gasteiger charge is -2.11. The molecule has 0 saturated carbocycles. The first-order chi connectivity index (χ1) is 24.3. The molecule has 0 fully saturated rings. The number of benzene rings is 8. The first-order valence-electron chi connectivity index (χ1n) is 16.8. The third-order valence-electron chi connectivity index (χ3n) is 10.3. The number of aromatic nitrogens is 2. The SMILES string of the molecule is c1ccc(-n2c3ccccc3c3cc4c(cc32)c2ccccc2n4-c2ccc(-c3cc4ccccc4c4c3oc3ccccc34)cc2)cc1. The first kappa shape index (κ1) is 26.5. The van der Waals surface area contributed by atoms with Gasteiger partial charge in [0.15, 0.2) is 0 Å². The standard InChI is InChI=1S/C46H28N2O/c1-2-13-31(14-3-1)47-40-19-9-6-16-34(40)38-28-43-39(27-42(38)47)35-17-7-10-20-41(35)48(43)32-24-22-29(23-25-32)37-26-30-12-4-5-15-33(30)45-36-18-8-11-21-44(36)49-46(37)45/h1-28H. The van der Waals surface area contributed by atoms with Crippen molar-refractivity contribution in [2.45, 2.75) is 0 Å². The predicted octanol–water partition coefficient (Wildman–Crippen LogP) is 12.6. The molecule has 11 rings (SSSR count). The van der Waals surface area contributed by atoms with Crippen molar-refractivity contribution in [1.29, 1.82) is 0 Å². The molecule has 0 spiro atoms. The maximum absolute atomic E-state index is 6.57. The van der Waals surface area contributed by atoms with Gasteiger partial charge in [-0.15, -0.1) is 0 Å². The second-order valence-corrected chi connectivity index (χ2v) is 12.9. The highest BCUT2D eigenvalue weighted by Crippen LogP contribution is 2.42. The second-order valence-electron chi connectivity index (χ2n) is 12.9. The van der Waals surface area contributed by atoms with Crippen LogP contribution < -0.4 is 0 Å². The largest absolute Gasteiger partial charge is 0.455 e. The zero-order valence-corrected chi connectivity index (χ0v) is 26.5. The smallest absolute Gasteiger partial charge is 0.143 e. The van der Waals surface area contributed by atoms with Crippen LogP contribution in [0.4, 0.5) is 0 Å². The summed E-state index contributed by atoms with van der Waals surface area (Å²) in [5.74, 6) is 0. The Kier molecular flexibility index (Phi) is 5.38. The summed E-state index contributed by atoms with van der Waals surface area (Å²) in [5, 5.41) is 9.73. The molecule has 0 saturated heterocycles. The van der Waals surface area contributed by atoms with Crippen molar-refractivity contribution >= 4 is 76.3 Å². The van der Waals surface area contributed by atoms with Gasteiger partial charge in [-0.25, -0.2) is 0 Å². The van der Waals surface area contributed by atoms with Gasteiger partial charge in [0.05, 0.1) is 22.1 Å². The molecule has 0 aliphatic heterocycles. The van der Waals surface area contributed by atoms with Gasteiger partial charge in [0.1, 0.15) is 11.2 Å². The third-order valence-corrected chi connectivity index (χ3v) is 10.3. The van der Waals surface area contributed by atoms with Crippen LogP contribution in [0.25, 0.3) is 98.8 Å².